The second kappa shape index (κ2) is 8.29. The molecule has 0 unspecified atom stereocenters. The molecule has 1 amide bonds. The van der Waals surface area contributed by atoms with E-state index in [0.29, 0.717) is 40.2 Å². The Morgan fingerprint density at radius 1 is 1.31 bits per heavy atom. The summed E-state index contributed by atoms with van der Waals surface area (Å²) in [4.78, 5) is 32.7. The predicted octanol–water partition coefficient (Wildman–Crippen LogP) is 3.74. The van der Waals surface area contributed by atoms with Gasteiger partial charge in [0.1, 0.15) is 17.3 Å². The lowest BCUT2D eigenvalue weighted by atomic mass is 10.1. The third kappa shape index (κ3) is 4.15. The van der Waals surface area contributed by atoms with Gasteiger partial charge in [0, 0.05) is 10.7 Å². The number of fused-ring (bicyclic) bond motifs is 1. The lowest BCUT2D eigenvalue weighted by Crippen LogP contribution is -2.29. The fourth-order valence-electron chi connectivity index (χ4n) is 3.37. The first-order chi connectivity index (χ1) is 13.7. The number of nitrogens with one attached hydrogen (secondary N) is 2. The van der Waals surface area contributed by atoms with E-state index in [1.807, 2.05) is 33.8 Å². The maximum absolute atomic E-state index is 13.0. The molecule has 2 N–H and O–H groups in total. The van der Waals surface area contributed by atoms with Gasteiger partial charge in [0.05, 0.1) is 29.9 Å². The Balaban J connectivity index is 1.97. The van der Waals surface area contributed by atoms with Crippen molar-refractivity contribution in [3.63, 3.8) is 0 Å². The summed E-state index contributed by atoms with van der Waals surface area (Å²) in [6.07, 6.45) is 0. The van der Waals surface area contributed by atoms with Crippen molar-refractivity contribution in [1.82, 2.24) is 19.7 Å². The van der Waals surface area contributed by atoms with Gasteiger partial charge in [-0.05, 0) is 44.9 Å². The van der Waals surface area contributed by atoms with E-state index in [2.05, 4.69) is 15.3 Å². The van der Waals surface area contributed by atoms with E-state index in [1.165, 1.54) is 0 Å². The zero-order chi connectivity index (χ0) is 21.3. The van der Waals surface area contributed by atoms with E-state index < -0.39 is 0 Å². The van der Waals surface area contributed by atoms with Gasteiger partial charge in [0.15, 0.2) is 0 Å². The number of hydrogen-bond donors (Lipinski definition) is 2. The summed E-state index contributed by atoms with van der Waals surface area (Å²) >= 11 is 6.28. The summed E-state index contributed by atoms with van der Waals surface area (Å²) in [5, 5.41) is 3.26. The Labute approximate surface area is 174 Å². The number of aryl methyl sites for hydroxylation is 2. The van der Waals surface area contributed by atoms with Crippen LogP contribution in [0.25, 0.3) is 5.52 Å². The number of ether oxygens (including phenoxy) is 1. The van der Waals surface area contributed by atoms with Crippen molar-refractivity contribution in [1.29, 1.82) is 0 Å². The van der Waals surface area contributed by atoms with E-state index in [9.17, 15) is 9.59 Å². The molecule has 0 aliphatic rings. The second-order valence-electron chi connectivity index (χ2n) is 7.22. The van der Waals surface area contributed by atoms with Crippen molar-refractivity contribution in [2.24, 2.45) is 0 Å². The molecule has 0 bridgehead atoms. The maximum atomic E-state index is 13.0. The molecule has 3 aromatic heterocycles. The first-order valence-corrected chi connectivity index (χ1v) is 9.93. The quantitative estimate of drug-likeness (QED) is 0.640. The number of nitrogens with zero attached hydrogens (tertiary/aromatic N) is 2. The van der Waals surface area contributed by atoms with Crippen LogP contribution >= 0.6 is 11.6 Å². The maximum Gasteiger partial charge on any atom is 0.268 e. The van der Waals surface area contributed by atoms with Gasteiger partial charge < -0.3 is 15.0 Å². The molecule has 3 heterocycles. The Bertz CT molecular complexity index is 1130. The smallest absolute Gasteiger partial charge is 0.268 e. The van der Waals surface area contributed by atoms with Gasteiger partial charge in [0.2, 0.25) is 0 Å². The van der Waals surface area contributed by atoms with E-state index in [0.717, 1.165) is 11.2 Å². The molecular weight excluding hydrogens is 392 g/mol. The molecule has 3 aromatic rings. The number of carbonyl (C=O) groups is 1. The molecule has 0 aliphatic heterocycles. The Kier molecular flexibility index (Phi) is 5.98. The van der Waals surface area contributed by atoms with Crippen LogP contribution in [-0.4, -0.2) is 26.9 Å². The molecule has 154 valence electrons. The van der Waals surface area contributed by atoms with E-state index >= 15 is 0 Å². The summed E-state index contributed by atoms with van der Waals surface area (Å²) in [6.45, 7) is 10.0. The van der Waals surface area contributed by atoms with Crippen LogP contribution in [0, 0.1) is 13.8 Å². The van der Waals surface area contributed by atoms with Gasteiger partial charge in [0.25, 0.3) is 11.5 Å². The number of imidazole rings is 1. The standard InChI is InChI=1S/C21H25ClN4O3/c1-6-29-18-7-12(4)24-20(27)15(18)10-23-21(28)17-9-14(22)8-16-19(11(2)3)25-13(5)26(16)17/h7-9,11H,6,10H2,1-5H3,(H,23,28)(H,24,27). The molecule has 0 saturated carbocycles. The summed E-state index contributed by atoms with van der Waals surface area (Å²) in [5.74, 6) is 1.00. The van der Waals surface area contributed by atoms with Gasteiger partial charge in [-0.3, -0.25) is 14.0 Å². The minimum absolute atomic E-state index is 0.0303. The zero-order valence-electron chi connectivity index (χ0n) is 17.2. The predicted molar refractivity (Wildman–Crippen MR) is 113 cm³/mol. The lowest BCUT2D eigenvalue weighted by Gasteiger charge is -2.13. The lowest BCUT2D eigenvalue weighted by molar-refractivity contribution is 0.0944. The highest BCUT2D eigenvalue weighted by Gasteiger charge is 2.20. The minimum atomic E-state index is -0.351. The van der Waals surface area contributed by atoms with Gasteiger partial charge in [-0.2, -0.15) is 0 Å². The zero-order valence-corrected chi connectivity index (χ0v) is 18.0. The van der Waals surface area contributed by atoms with Gasteiger partial charge in [-0.15, -0.1) is 0 Å². The van der Waals surface area contributed by atoms with Gasteiger partial charge >= 0.3 is 0 Å². The number of amides is 1. The van der Waals surface area contributed by atoms with Crippen LogP contribution in [0.15, 0.2) is 23.0 Å². The van der Waals surface area contributed by atoms with Crippen molar-refractivity contribution in [3.8, 4) is 5.75 Å². The topological polar surface area (TPSA) is 88.5 Å². The van der Waals surface area contributed by atoms with Crippen molar-refractivity contribution in [2.45, 2.75) is 47.1 Å². The van der Waals surface area contributed by atoms with Crippen LogP contribution in [0.1, 0.15) is 60.0 Å². The Morgan fingerprint density at radius 3 is 2.69 bits per heavy atom. The van der Waals surface area contributed by atoms with Crippen molar-refractivity contribution >= 4 is 23.0 Å². The molecule has 3 rings (SSSR count). The van der Waals surface area contributed by atoms with Gasteiger partial charge in [-0.1, -0.05) is 25.4 Å². The van der Waals surface area contributed by atoms with Gasteiger partial charge in [-0.25, -0.2) is 4.98 Å². The number of aromatic amines is 1. The van der Waals surface area contributed by atoms with Crippen LogP contribution in [0.2, 0.25) is 5.02 Å². The highest BCUT2D eigenvalue weighted by atomic mass is 35.5. The summed E-state index contributed by atoms with van der Waals surface area (Å²) < 4.78 is 7.36. The first kappa shape index (κ1) is 20.9. The first-order valence-electron chi connectivity index (χ1n) is 9.55. The monoisotopic (exact) mass is 416 g/mol. The fourth-order valence-corrected chi connectivity index (χ4v) is 3.58. The molecule has 0 radical (unpaired) electrons. The van der Waals surface area contributed by atoms with Crippen LogP contribution in [0.4, 0.5) is 0 Å². The number of H-pyrrole nitrogens is 1. The number of carbonyl (C=O) groups excluding carboxylic acids is 1. The fraction of sp³-hybridized carbons (Fsp3) is 0.381. The van der Waals surface area contributed by atoms with E-state index in [-0.39, 0.29) is 23.9 Å². The largest absolute Gasteiger partial charge is 0.493 e. The minimum Gasteiger partial charge on any atom is -0.493 e. The SMILES string of the molecule is CCOc1cc(C)[nH]c(=O)c1CNC(=O)c1cc(Cl)cc2c(C(C)C)nc(C)n12. The molecule has 7 nitrogen and oxygen atoms in total. The van der Waals surface area contributed by atoms with Crippen molar-refractivity contribution in [3.05, 3.63) is 62.0 Å². The molecule has 0 fully saturated rings. The highest BCUT2D eigenvalue weighted by molar-refractivity contribution is 6.31. The van der Waals surface area contributed by atoms with Crippen LogP contribution in [-0.2, 0) is 6.54 Å². The summed E-state index contributed by atoms with van der Waals surface area (Å²) in [5.41, 5.74) is 2.83. The molecule has 0 saturated heterocycles. The number of aromatic nitrogens is 3. The molecule has 0 aromatic carbocycles. The molecule has 0 atom stereocenters. The van der Waals surface area contributed by atoms with Crippen LogP contribution in [0.3, 0.4) is 0 Å². The van der Waals surface area contributed by atoms with Crippen LogP contribution in [0.5, 0.6) is 5.75 Å². The normalized spacial score (nSPS) is 11.3. The van der Waals surface area contributed by atoms with Crippen molar-refractivity contribution in [2.75, 3.05) is 6.61 Å². The van der Waals surface area contributed by atoms with Crippen molar-refractivity contribution < 1.29 is 9.53 Å². The van der Waals surface area contributed by atoms with Crippen LogP contribution < -0.4 is 15.6 Å². The number of hydrogen-bond acceptors (Lipinski definition) is 4. The Morgan fingerprint density at radius 2 is 2.03 bits per heavy atom. The van der Waals surface area contributed by atoms with E-state index in [4.69, 9.17) is 16.3 Å². The highest BCUT2D eigenvalue weighted by Crippen LogP contribution is 2.26. The number of halogens is 1. The van der Waals surface area contributed by atoms with E-state index in [1.54, 1.807) is 23.5 Å². The summed E-state index contributed by atoms with van der Waals surface area (Å²) in [6, 6.07) is 5.16. The average Bonchev–Trinajstić information content (AvgIpc) is 2.97. The third-order valence-electron chi connectivity index (χ3n) is 4.63. The number of pyridine rings is 2. The molecule has 29 heavy (non-hydrogen) atoms. The number of rotatable bonds is 6. The second-order valence-corrected chi connectivity index (χ2v) is 7.65. The molecule has 0 spiro atoms. The Hall–Kier alpha value is -2.80. The molecular formula is C21H25ClN4O3. The average molecular weight is 417 g/mol. The molecule has 0 aliphatic carbocycles. The molecule has 8 heteroatoms. The third-order valence-corrected chi connectivity index (χ3v) is 4.85. The summed E-state index contributed by atoms with van der Waals surface area (Å²) in [7, 11) is 0.